The smallest absolute Gasteiger partial charge is 0.126 e. The van der Waals surface area contributed by atoms with Gasteiger partial charge in [-0.2, -0.15) is 0 Å². The van der Waals surface area contributed by atoms with E-state index in [1.807, 2.05) is 0 Å². The molecule has 0 bridgehead atoms. The minimum atomic E-state index is -1.25. The largest absolute Gasteiger partial charge is 0.131 e. The lowest BCUT2D eigenvalue weighted by Gasteiger charge is -2.32. The Morgan fingerprint density at radius 2 is 1.85 bits per heavy atom. The van der Waals surface area contributed by atoms with Gasteiger partial charge >= 0.3 is 0 Å². The molecule has 2 saturated carbocycles. The van der Waals surface area contributed by atoms with Gasteiger partial charge < -0.3 is 0 Å². The van der Waals surface area contributed by atoms with Crippen molar-refractivity contribution in [1.82, 2.24) is 0 Å². The van der Waals surface area contributed by atoms with E-state index in [4.69, 9.17) is 0 Å². The molecule has 0 atom stereocenters. The zero-order valence-corrected chi connectivity index (χ0v) is 10.9. The van der Waals surface area contributed by atoms with Gasteiger partial charge in [-0.25, -0.2) is 0 Å². The van der Waals surface area contributed by atoms with Crippen molar-refractivity contribution in [3.8, 4) is 0 Å². The standard InChI is InChI=1S/C11H16BrSi/c1-13(2,12)11-8-7-9-5-3-4-6-10(9)11/h7-8H,3-6H2,1-2H3. The van der Waals surface area contributed by atoms with Crippen molar-refractivity contribution in [2.24, 2.45) is 0 Å². The van der Waals surface area contributed by atoms with Crippen molar-refractivity contribution >= 4 is 22.0 Å². The van der Waals surface area contributed by atoms with E-state index in [1.165, 1.54) is 25.7 Å². The third kappa shape index (κ3) is 2.04. The second-order valence-corrected chi connectivity index (χ2v) is 13.9. The first-order chi connectivity index (χ1) is 6.09. The molecule has 0 spiro atoms. The Labute approximate surface area is 91.1 Å². The van der Waals surface area contributed by atoms with E-state index in [-0.39, 0.29) is 0 Å². The topological polar surface area (TPSA) is 0 Å². The van der Waals surface area contributed by atoms with Gasteiger partial charge in [0.15, 0.2) is 0 Å². The summed E-state index contributed by atoms with van der Waals surface area (Å²) in [6.45, 7) is 3.50. The van der Waals surface area contributed by atoms with Crippen LogP contribution in [-0.2, 0) is 0 Å². The fourth-order valence-corrected chi connectivity index (χ4v) is 4.86. The van der Waals surface area contributed by atoms with Gasteiger partial charge in [0.25, 0.3) is 0 Å². The predicted octanol–water partition coefficient (Wildman–Crippen LogP) is 3.85. The quantitative estimate of drug-likeness (QED) is 0.494. The molecule has 0 aromatic carbocycles. The maximum Gasteiger partial charge on any atom is 0.131 e. The maximum atomic E-state index is 3.88. The molecule has 5 radical (unpaired) electrons. The van der Waals surface area contributed by atoms with Crippen molar-refractivity contribution in [2.75, 3.05) is 0 Å². The summed E-state index contributed by atoms with van der Waals surface area (Å²) in [4.78, 5) is 0. The molecule has 0 saturated heterocycles. The fourth-order valence-electron chi connectivity index (χ4n) is 2.26. The minimum absolute atomic E-state index is 1.25. The Balaban J connectivity index is 2.07. The Kier molecular flexibility index (Phi) is 2.90. The molecular formula is C11H16BrSi. The lowest BCUT2D eigenvalue weighted by atomic mass is 9.82. The molecule has 13 heavy (non-hydrogen) atoms. The summed E-state index contributed by atoms with van der Waals surface area (Å²) in [5.74, 6) is 3.31. The second kappa shape index (κ2) is 3.69. The summed E-state index contributed by atoms with van der Waals surface area (Å²) < 4.78 is 0. The number of halogens is 1. The highest BCUT2D eigenvalue weighted by Gasteiger charge is 2.46. The van der Waals surface area contributed by atoms with Gasteiger partial charge in [0, 0.05) is 0 Å². The lowest BCUT2D eigenvalue weighted by Crippen LogP contribution is -2.31. The van der Waals surface area contributed by atoms with Crippen molar-refractivity contribution in [3.63, 3.8) is 0 Å². The van der Waals surface area contributed by atoms with Crippen LogP contribution in [0.25, 0.3) is 0 Å². The summed E-state index contributed by atoms with van der Waals surface area (Å²) in [7, 11) is 0. The van der Waals surface area contributed by atoms with Gasteiger partial charge in [-0.1, -0.05) is 25.9 Å². The molecule has 2 aliphatic rings. The summed E-state index contributed by atoms with van der Waals surface area (Å²) in [5, 5.41) is 0. The van der Waals surface area contributed by atoms with E-state index in [9.17, 15) is 0 Å². The van der Waals surface area contributed by atoms with Crippen LogP contribution >= 0.6 is 15.3 Å². The van der Waals surface area contributed by atoms with Gasteiger partial charge in [0.2, 0.25) is 0 Å². The summed E-state index contributed by atoms with van der Waals surface area (Å²) >= 11 is 3.88. The molecule has 2 fully saturated rings. The first-order valence-electron chi connectivity index (χ1n) is 5.06. The van der Waals surface area contributed by atoms with Crippen molar-refractivity contribution < 1.29 is 0 Å². The number of hydrogen-bond donors (Lipinski definition) is 0. The van der Waals surface area contributed by atoms with Gasteiger partial charge in [-0.05, 0) is 43.1 Å². The predicted molar refractivity (Wildman–Crippen MR) is 63.2 cm³/mol. The van der Waals surface area contributed by atoms with Crippen LogP contribution in [0.3, 0.4) is 0 Å². The number of rotatable bonds is 1. The lowest BCUT2D eigenvalue weighted by molar-refractivity contribution is 0.598. The molecule has 0 aromatic rings. The van der Waals surface area contributed by atoms with Crippen molar-refractivity contribution in [3.05, 3.63) is 30.2 Å². The molecule has 2 rings (SSSR count). The van der Waals surface area contributed by atoms with Crippen LogP contribution in [0.15, 0.2) is 0 Å². The second-order valence-electron chi connectivity index (χ2n) is 4.43. The van der Waals surface area contributed by atoms with Gasteiger partial charge in [0.1, 0.15) is 6.69 Å². The zero-order valence-electron chi connectivity index (χ0n) is 8.36. The van der Waals surface area contributed by atoms with E-state index in [0.717, 1.165) is 0 Å². The van der Waals surface area contributed by atoms with Gasteiger partial charge in [0.05, 0.1) is 0 Å². The summed E-state index contributed by atoms with van der Waals surface area (Å²) in [6, 6.07) is 0. The highest BCUT2D eigenvalue weighted by Crippen LogP contribution is 2.53. The monoisotopic (exact) mass is 255 g/mol. The first kappa shape index (κ1) is 10.2. The Morgan fingerprint density at radius 3 is 2.54 bits per heavy atom. The van der Waals surface area contributed by atoms with Gasteiger partial charge in [-0.3, -0.25) is 0 Å². The average Bonchev–Trinajstić information content (AvgIpc) is 2.45. The van der Waals surface area contributed by atoms with Crippen LogP contribution in [0.2, 0.25) is 13.1 Å². The zero-order chi connectivity index (χ0) is 9.47. The number of fused-ring (bicyclic) bond motifs is 1. The Bertz CT molecular complexity index is 185. The van der Waals surface area contributed by atoms with Crippen molar-refractivity contribution in [1.29, 1.82) is 0 Å². The molecule has 0 aromatic heterocycles. The molecule has 2 aliphatic carbocycles. The number of hydrogen-bond acceptors (Lipinski definition) is 0. The van der Waals surface area contributed by atoms with Crippen molar-refractivity contribution in [2.45, 2.75) is 38.8 Å². The minimum Gasteiger partial charge on any atom is -0.126 e. The van der Waals surface area contributed by atoms with E-state index in [2.05, 4.69) is 41.2 Å². The highest BCUT2D eigenvalue weighted by atomic mass is 79.9. The summed E-state index contributed by atoms with van der Waals surface area (Å²) in [5.41, 5.74) is 1.64. The Morgan fingerprint density at radius 1 is 1.15 bits per heavy atom. The third-order valence-electron chi connectivity index (χ3n) is 2.93. The third-order valence-corrected chi connectivity index (χ3v) is 5.96. The van der Waals surface area contributed by atoms with Crippen LogP contribution in [0.5, 0.6) is 0 Å². The molecule has 71 valence electrons. The Hall–Kier alpha value is 0.697. The van der Waals surface area contributed by atoms with Crippen LogP contribution in [-0.4, -0.2) is 6.69 Å². The first-order valence-corrected chi connectivity index (χ1v) is 10.3. The molecular weight excluding hydrogens is 240 g/mol. The normalized spacial score (nSPS) is 27.9. The van der Waals surface area contributed by atoms with E-state index < -0.39 is 6.69 Å². The molecule has 0 heterocycles. The highest BCUT2D eigenvalue weighted by molar-refractivity contribution is 9.26. The average molecular weight is 256 g/mol. The fraction of sp³-hybridized carbons (Fsp3) is 0.545. The van der Waals surface area contributed by atoms with Crippen LogP contribution in [0.1, 0.15) is 25.7 Å². The van der Waals surface area contributed by atoms with Crippen LogP contribution in [0, 0.1) is 30.2 Å². The SMILES string of the molecule is C[Si](C)(Br)[C]1[CH][CH][C]2CCCC[C]21. The molecule has 0 amide bonds. The van der Waals surface area contributed by atoms with Gasteiger partial charge in [-0.15, -0.1) is 15.3 Å². The molecule has 0 nitrogen and oxygen atoms in total. The van der Waals surface area contributed by atoms with Crippen LogP contribution in [0.4, 0.5) is 0 Å². The molecule has 0 N–H and O–H groups in total. The summed E-state index contributed by atoms with van der Waals surface area (Å²) in [6.07, 6.45) is 10.1. The van der Waals surface area contributed by atoms with E-state index in [0.29, 0.717) is 0 Å². The molecule has 0 aliphatic heterocycles. The maximum absolute atomic E-state index is 3.88. The van der Waals surface area contributed by atoms with E-state index in [1.54, 1.807) is 17.4 Å². The molecule has 0 unspecified atom stereocenters. The van der Waals surface area contributed by atoms with E-state index >= 15 is 0 Å². The van der Waals surface area contributed by atoms with Crippen LogP contribution < -0.4 is 0 Å². The molecule has 2 heteroatoms.